The fourth-order valence-electron chi connectivity index (χ4n) is 2.33. The molecule has 2 atom stereocenters. The number of primary amides is 1. The third-order valence-corrected chi connectivity index (χ3v) is 2.93. The first-order chi connectivity index (χ1) is 5.27. The number of hydrogen-bond donors (Lipinski definition) is 1. The molecule has 2 nitrogen and oxygen atoms in total. The summed E-state index contributed by atoms with van der Waals surface area (Å²) < 4.78 is 0. The first-order valence-electron chi connectivity index (χ1n) is 4.28. The number of hydrogen-bond acceptors (Lipinski definition) is 1. The largest absolute Gasteiger partial charge is 0.366 e. The first kappa shape index (κ1) is 6.89. The summed E-state index contributed by atoms with van der Waals surface area (Å²) >= 11 is 0. The monoisotopic (exact) mass is 151 g/mol. The highest BCUT2D eigenvalue weighted by Gasteiger charge is 2.32. The van der Waals surface area contributed by atoms with Crippen LogP contribution in [0.15, 0.2) is 11.6 Å². The Labute approximate surface area is 66.5 Å². The lowest BCUT2D eigenvalue weighted by Gasteiger charge is -2.05. The molecule has 1 amide bonds. The summed E-state index contributed by atoms with van der Waals surface area (Å²) in [5.41, 5.74) is 6.07. The highest BCUT2D eigenvalue weighted by molar-refractivity contribution is 5.92. The summed E-state index contributed by atoms with van der Waals surface area (Å²) in [4.78, 5) is 10.8. The lowest BCUT2D eigenvalue weighted by Crippen LogP contribution is -2.13. The van der Waals surface area contributed by atoms with Gasteiger partial charge >= 0.3 is 0 Å². The van der Waals surface area contributed by atoms with Crippen molar-refractivity contribution < 1.29 is 4.79 Å². The number of amides is 1. The van der Waals surface area contributed by atoms with Crippen LogP contribution >= 0.6 is 0 Å². The molecule has 1 fully saturated rings. The van der Waals surface area contributed by atoms with Gasteiger partial charge in [-0.05, 0) is 31.1 Å². The molecule has 0 spiro atoms. The lowest BCUT2D eigenvalue weighted by atomic mass is 10.00. The Morgan fingerprint density at radius 2 is 2.36 bits per heavy atom. The topological polar surface area (TPSA) is 43.1 Å². The molecule has 0 heterocycles. The first-order valence-corrected chi connectivity index (χ1v) is 4.28. The highest BCUT2D eigenvalue weighted by atomic mass is 16.1. The Bertz CT molecular complexity index is 220. The van der Waals surface area contributed by atoms with Crippen molar-refractivity contribution in [1.29, 1.82) is 0 Å². The minimum atomic E-state index is -0.209. The fourth-order valence-corrected chi connectivity index (χ4v) is 2.33. The van der Waals surface area contributed by atoms with E-state index in [0.29, 0.717) is 5.92 Å². The molecule has 2 heteroatoms. The van der Waals surface area contributed by atoms with E-state index in [1.54, 1.807) is 0 Å². The maximum absolute atomic E-state index is 10.8. The second-order valence-electron chi connectivity index (χ2n) is 3.62. The van der Waals surface area contributed by atoms with Gasteiger partial charge in [-0.25, -0.2) is 0 Å². The summed E-state index contributed by atoms with van der Waals surface area (Å²) in [6.07, 6.45) is 6.93. The van der Waals surface area contributed by atoms with E-state index >= 15 is 0 Å². The smallest absolute Gasteiger partial charge is 0.244 e. The molecule has 11 heavy (non-hydrogen) atoms. The molecule has 0 radical (unpaired) electrons. The SMILES string of the molecule is NC(=O)C1=C[C@@H]2CCC[C@@H]2C1. The van der Waals surface area contributed by atoms with Crippen LogP contribution in [0.3, 0.4) is 0 Å². The molecule has 0 aromatic carbocycles. The van der Waals surface area contributed by atoms with E-state index in [-0.39, 0.29) is 5.91 Å². The van der Waals surface area contributed by atoms with Crippen molar-refractivity contribution in [1.82, 2.24) is 0 Å². The number of rotatable bonds is 1. The summed E-state index contributed by atoms with van der Waals surface area (Å²) in [7, 11) is 0. The van der Waals surface area contributed by atoms with Gasteiger partial charge in [-0.1, -0.05) is 12.5 Å². The van der Waals surface area contributed by atoms with E-state index in [1.165, 1.54) is 19.3 Å². The van der Waals surface area contributed by atoms with Crippen LogP contribution in [0, 0.1) is 11.8 Å². The molecule has 2 aliphatic carbocycles. The minimum absolute atomic E-state index is 0.209. The van der Waals surface area contributed by atoms with Crippen molar-refractivity contribution in [2.24, 2.45) is 17.6 Å². The zero-order valence-corrected chi connectivity index (χ0v) is 6.55. The predicted molar refractivity (Wildman–Crippen MR) is 42.7 cm³/mol. The van der Waals surface area contributed by atoms with Crippen molar-refractivity contribution in [3.05, 3.63) is 11.6 Å². The standard InChI is InChI=1S/C9H13NO/c10-9(11)8-4-6-2-1-3-7(6)5-8/h4,6-7H,1-3,5H2,(H2,10,11)/t6-,7+/m0/s1. The van der Waals surface area contributed by atoms with Crippen LogP contribution in [0.4, 0.5) is 0 Å². The van der Waals surface area contributed by atoms with E-state index in [2.05, 4.69) is 6.08 Å². The summed E-state index contributed by atoms with van der Waals surface area (Å²) in [5.74, 6) is 1.22. The predicted octanol–water partition coefficient (Wildman–Crippen LogP) is 1.22. The van der Waals surface area contributed by atoms with Gasteiger partial charge in [0.2, 0.25) is 5.91 Å². The quantitative estimate of drug-likeness (QED) is 0.601. The third-order valence-electron chi connectivity index (χ3n) is 2.93. The van der Waals surface area contributed by atoms with E-state index in [4.69, 9.17) is 5.73 Å². The van der Waals surface area contributed by atoms with Crippen molar-refractivity contribution in [3.8, 4) is 0 Å². The van der Waals surface area contributed by atoms with E-state index < -0.39 is 0 Å². The highest BCUT2D eigenvalue weighted by Crippen LogP contribution is 2.42. The van der Waals surface area contributed by atoms with Crippen LogP contribution < -0.4 is 5.73 Å². The van der Waals surface area contributed by atoms with Gasteiger partial charge in [0.15, 0.2) is 0 Å². The maximum Gasteiger partial charge on any atom is 0.244 e. The molecule has 0 aromatic heterocycles. The van der Waals surface area contributed by atoms with Crippen molar-refractivity contribution in [3.63, 3.8) is 0 Å². The van der Waals surface area contributed by atoms with Crippen LogP contribution in [-0.4, -0.2) is 5.91 Å². The summed E-state index contributed by atoms with van der Waals surface area (Å²) in [5, 5.41) is 0. The Hall–Kier alpha value is -0.790. The van der Waals surface area contributed by atoms with Crippen LogP contribution in [0.2, 0.25) is 0 Å². The van der Waals surface area contributed by atoms with Crippen LogP contribution in [0.1, 0.15) is 25.7 Å². The Balaban J connectivity index is 2.13. The molecule has 1 saturated carbocycles. The maximum atomic E-state index is 10.8. The van der Waals surface area contributed by atoms with Crippen molar-refractivity contribution >= 4 is 5.91 Å². The molecule has 2 N–H and O–H groups in total. The average molecular weight is 151 g/mol. The zero-order chi connectivity index (χ0) is 7.84. The molecule has 2 aliphatic rings. The molecule has 0 aromatic rings. The van der Waals surface area contributed by atoms with Crippen molar-refractivity contribution in [2.75, 3.05) is 0 Å². The second kappa shape index (κ2) is 2.36. The van der Waals surface area contributed by atoms with Gasteiger partial charge in [0.25, 0.3) is 0 Å². The zero-order valence-electron chi connectivity index (χ0n) is 6.55. The minimum Gasteiger partial charge on any atom is -0.366 e. The second-order valence-corrected chi connectivity index (χ2v) is 3.62. The molecule has 60 valence electrons. The Morgan fingerprint density at radius 3 is 3.00 bits per heavy atom. The number of nitrogens with two attached hydrogens (primary N) is 1. The summed E-state index contributed by atoms with van der Waals surface area (Å²) in [6, 6.07) is 0. The lowest BCUT2D eigenvalue weighted by molar-refractivity contribution is -0.114. The van der Waals surface area contributed by atoms with Gasteiger partial charge in [0, 0.05) is 5.57 Å². The van der Waals surface area contributed by atoms with E-state index in [0.717, 1.165) is 17.9 Å². The summed E-state index contributed by atoms with van der Waals surface area (Å²) in [6.45, 7) is 0. The third kappa shape index (κ3) is 1.06. The number of allylic oxidation sites excluding steroid dienone is 1. The van der Waals surface area contributed by atoms with Gasteiger partial charge in [-0.15, -0.1) is 0 Å². The number of fused-ring (bicyclic) bond motifs is 1. The molecular weight excluding hydrogens is 138 g/mol. The molecular formula is C9H13NO. The number of carbonyl (C=O) groups excluding carboxylic acids is 1. The molecule has 0 unspecified atom stereocenters. The Kier molecular flexibility index (Phi) is 1.48. The number of carbonyl (C=O) groups is 1. The van der Waals surface area contributed by atoms with Crippen LogP contribution in [0.5, 0.6) is 0 Å². The van der Waals surface area contributed by atoms with Crippen LogP contribution in [0.25, 0.3) is 0 Å². The molecule has 0 saturated heterocycles. The fraction of sp³-hybridized carbons (Fsp3) is 0.667. The van der Waals surface area contributed by atoms with Gasteiger partial charge in [-0.3, -0.25) is 4.79 Å². The van der Waals surface area contributed by atoms with Crippen LogP contribution in [-0.2, 0) is 4.79 Å². The van der Waals surface area contributed by atoms with E-state index in [1.807, 2.05) is 0 Å². The van der Waals surface area contributed by atoms with Gasteiger partial charge < -0.3 is 5.73 Å². The van der Waals surface area contributed by atoms with Gasteiger partial charge in [0.05, 0.1) is 0 Å². The Morgan fingerprint density at radius 1 is 1.55 bits per heavy atom. The normalized spacial score (nSPS) is 35.1. The van der Waals surface area contributed by atoms with Crippen molar-refractivity contribution in [2.45, 2.75) is 25.7 Å². The average Bonchev–Trinajstić information content (AvgIpc) is 2.40. The molecule has 0 bridgehead atoms. The van der Waals surface area contributed by atoms with Gasteiger partial charge in [-0.2, -0.15) is 0 Å². The molecule has 2 rings (SSSR count). The van der Waals surface area contributed by atoms with Gasteiger partial charge in [0.1, 0.15) is 0 Å². The molecule has 0 aliphatic heterocycles. The van der Waals surface area contributed by atoms with E-state index in [9.17, 15) is 4.79 Å².